The molecule has 2 atom stereocenters. The van der Waals surface area contributed by atoms with Crippen LogP contribution < -0.4 is 4.90 Å². The van der Waals surface area contributed by atoms with Gasteiger partial charge in [0.25, 0.3) is 0 Å². The zero-order valence-electron chi connectivity index (χ0n) is 13.1. The number of benzene rings is 2. The second-order valence-corrected chi connectivity index (χ2v) is 6.89. The van der Waals surface area contributed by atoms with Gasteiger partial charge in [-0.1, -0.05) is 43.3 Å². The summed E-state index contributed by atoms with van der Waals surface area (Å²) < 4.78 is 0.771. The number of imide groups is 1. The Hall–Kier alpha value is -1.94. The largest absolute Gasteiger partial charge is 0.274 e. The summed E-state index contributed by atoms with van der Waals surface area (Å²) in [5.74, 6) is -0.539. The topological polar surface area (TPSA) is 37.4 Å². The summed E-state index contributed by atoms with van der Waals surface area (Å²) in [6, 6.07) is 15.5. The van der Waals surface area contributed by atoms with Crippen LogP contribution in [0, 0.1) is 12.8 Å². The Bertz CT molecular complexity index is 757. The van der Waals surface area contributed by atoms with Crippen molar-refractivity contribution in [1.29, 1.82) is 0 Å². The third-order valence-corrected chi connectivity index (χ3v) is 5.09. The Morgan fingerprint density at radius 1 is 1.13 bits per heavy atom. The van der Waals surface area contributed by atoms with Crippen LogP contribution in [-0.2, 0) is 9.59 Å². The molecule has 0 bridgehead atoms. The summed E-state index contributed by atoms with van der Waals surface area (Å²) >= 11 is 3.47. The monoisotopic (exact) mass is 371 g/mol. The van der Waals surface area contributed by atoms with Gasteiger partial charge in [-0.05, 0) is 52.0 Å². The van der Waals surface area contributed by atoms with Crippen molar-refractivity contribution in [3.05, 3.63) is 64.1 Å². The number of hydrogen-bond donors (Lipinski definition) is 0. The molecule has 2 aromatic carbocycles. The Balaban J connectivity index is 1.91. The average molecular weight is 372 g/mol. The molecule has 23 heavy (non-hydrogen) atoms. The van der Waals surface area contributed by atoms with Crippen LogP contribution in [0.3, 0.4) is 0 Å². The Morgan fingerprint density at radius 2 is 1.83 bits per heavy atom. The number of amides is 2. The molecule has 118 valence electrons. The van der Waals surface area contributed by atoms with Gasteiger partial charge in [-0.3, -0.25) is 9.59 Å². The van der Waals surface area contributed by atoms with Gasteiger partial charge in [0.15, 0.2) is 0 Å². The van der Waals surface area contributed by atoms with E-state index in [1.165, 1.54) is 4.90 Å². The predicted molar refractivity (Wildman–Crippen MR) is 94.3 cm³/mol. The molecular weight excluding hydrogens is 354 g/mol. The summed E-state index contributed by atoms with van der Waals surface area (Å²) in [5.41, 5.74) is 2.80. The standard InChI is InChI=1S/C19H18BrNO2/c1-12-8-9-17(16(20)10-12)21-18(22)11-15(19(21)23)13(2)14-6-4-3-5-7-14/h3-10,13,15H,11H2,1-2H3/t13-,15-/m0/s1. The van der Waals surface area contributed by atoms with E-state index in [0.29, 0.717) is 5.69 Å². The first-order valence-electron chi connectivity index (χ1n) is 7.67. The van der Waals surface area contributed by atoms with Gasteiger partial charge in [-0.15, -0.1) is 0 Å². The van der Waals surface area contributed by atoms with Gasteiger partial charge in [0, 0.05) is 10.9 Å². The normalized spacial score (nSPS) is 19.3. The lowest BCUT2D eigenvalue weighted by atomic mass is 9.86. The number of hydrogen-bond acceptors (Lipinski definition) is 2. The van der Waals surface area contributed by atoms with Crippen LogP contribution in [0.5, 0.6) is 0 Å². The molecule has 4 heteroatoms. The molecule has 0 aliphatic carbocycles. The molecule has 0 unspecified atom stereocenters. The maximum Gasteiger partial charge on any atom is 0.238 e. The van der Waals surface area contributed by atoms with Crippen molar-refractivity contribution in [2.24, 2.45) is 5.92 Å². The molecule has 2 amide bonds. The third-order valence-electron chi connectivity index (χ3n) is 4.45. The van der Waals surface area contributed by atoms with E-state index in [9.17, 15) is 9.59 Å². The molecule has 0 saturated carbocycles. The van der Waals surface area contributed by atoms with E-state index in [-0.39, 0.29) is 30.1 Å². The number of aryl methyl sites for hydroxylation is 1. The highest BCUT2D eigenvalue weighted by molar-refractivity contribution is 9.10. The van der Waals surface area contributed by atoms with Crippen molar-refractivity contribution < 1.29 is 9.59 Å². The fraction of sp³-hybridized carbons (Fsp3) is 0.263. The Kier molecular flexibility index (Phi) is 4.35. The Labute approximate surface area is 144 Å². The van der Waals surface area contributed by atoms with Crippen molar-refractivity contribution in [3.8, 4) is 0 Å². The van der Waals surface area contributed by atoms with Crippen molar-refractivity contribution in [2.75, 3.05) is 4.90 Å². The number of rotatable bonds is 3. The molecule has 0 aromatic heterocycles. The van der Waals surface area contributed by atoms with Crippen LogP contribution in [0.2, 0.25) is 0 Å². The summed E-state index contributed by atoms with van der Waals surface area (Å²) in [6.45, 7) is 3.99. The molecule has 1 aliphatic heterocycles. The predicted octanol–water partition coefficient (Wildman–Crippen LogP) is 4.44. The van der Waals surface area contributed by atoms with Crippen molar-refractivity contribution >= 4 is 33.4 Å². The number of carbonyl (C=O) groups is 2. The minimum Gasteiger partial charge on any atom is -0.274 e. The van der Waals surface area contributed by atoms with E-state index in [0.717, 1.165) is 15.6 Å². The highest BCUT2D eigenvalue weighted by Crippen LogP contribution is 2.38. The molecule has 0 N–H and O–H groups in total. The molecule has 2 aromatic rings. The summed E-state index contributed by atoms with van der Waals surface area (Å²) in [4.78, 5) is 26.6. The molecule has 0 radical (unpaired) electrons. The number of carbonyl (C=O) groups excluding carboxylic acids is 2. The van der Waals surface area contributed by atoms with Gasteiger partial charge in [0.2, 0.25) is 11.8 Å². The van der Waals surface area contributed by atoms with E-state index in [1.54, 1.807) is 0 Å². The van der Waals surface area contributed by atoms with Crippen LogP contribution >= 0.6 is 15.9 Å². The van der Waals surface area contributed by atoms with Crippen molar-refractivity contribution in [2.45, 2.75) is 26.2 Å². The molecule has 3 nitrogen and oxygen atoms in total. The van der Waals surface area contributed by atoms with E-state index >= 15 is 0 Å². The molecule has 1 aliphatic rings. The number of nitrogens with zero attached hydrogens (tertiary/aromatic N) is 1. The van der Waals surface area contributed by atoms with E-state index in [2.05, 4.69) is 15.9 Å². The average Bonchev–Trinajstić information content (AvgIpc) is 2.83. The first-order chi connectivity index (χ1) is 11.0. The molecule has 3 rings (SSSR count). The molecule has 1 fully saturated rings. The van der Waals surface area contributed by atoms with Gasteiger partial charge in [-0.2, -0.15) is 0 Å². The maximum absolute atomic E-state index is 12.9. The first-order valence-corrected chi connectivity index (χ1v) is 8.46. The maximum atomic E-state index is 12.9. The SMILES string of the molecule is Cc1ccc(N2C(=O)C[C@@H]([C@@H](C)c3ccccc3)C2=O)c(Br)c1. The van der Waals surface area contributed by atoms with Crippen LogP contribution in [-0.4, -0.2) is 11.8 Å². The minimum absolute atomic E-state index is 0.0156. The van der Waals surface area contributed by atoms with Crippen molar-refractivity contribution in [1.82, 2.24) is 0 Å². The third kappa shape index (κ3) is 2.95. The van der Waals surface area contributed by atoms with Crippen molar-refractivity contribution in [3.63, 3.8) is 0 Å². The Morgan fingerprint density at radius 3 is 2.48 bits per heavy atom. The summed E-state index contributed by atoms with van der Waals surface area (Å²) in [5, 5.41) is 0. The molecule has 1 saturated heterocycles. The second kappa shape index (κ2) is 6.28. The highest BCUT2D eigenvalue weighted by Gasteiger charge is 2.43. The van der Waals surface area contributed by atoms with Gasteiger partial charge >= 0.3 is 0 Å². The van der Waals surface area contributed by atoms with Crippen LogP contribution in [0.25, 0.3) is 0 Å². The zero-order valence-corrected chi connectivity index (χ0v) is 14.7. The van der Waals surface area contributed by atoms with E-state index in [1.807, 2.05) is 62.4 Å². The highest BCUT2D eigenvalue weighted by atomic mass is 79.9. The van der Waals surface area contributed by atoms with Gasteiger partial charge in [0.05, 0.1) is 11.6 Å². The fourth-order valence-electron chi connectivity index (χ4n) is 3.08. The lowest BCUT2D eigenvalue weighted by Crippen LogP contribution is -2.31. The van der Waals surface area contributed by atoms with Crippen LogP contribution in [0.4, 0.5) is 5.69 Å². The summed E-state index contributed by atoms with van der Waals surface area (Å²) in [7, 11) is 0. The van der Waals surface area contributed by atoms with Gasteiger partial charge in [-0.25, -0.2) is 4.90 Å². The molecular formula is C19H18BrNO2. The van der Waals surface area contributed by atoms with Gasteiger partial charge in [0.1, 0.15) is 0 Å². The fourth-order valence-corrected chi connectivity index (χ4v) is 3.75. The number of halogens is 1. The first kappa shape index (κ1) is 15.9. The van der Waals surface area contributed by atoms with Crippen LogP contribution in [0.1, 0.15) is 30.4 Å². The van der Waals surface area contributed by atoms with E-state index < -0.39 is 0 Å². The lowest BCUT2D eigenvalue weighted by molar-refractivity contribution is -0.122. The summed E-state index contributed by atoms with van der Waals surface area (Å²) in [6.07, 6.45) is 0.259. The van der Waals surface area contributed by atoms with E-state index in [4.69, 9.17) is 0 Å². The quantitative estimate of drug-likeness (QED) is 0.747. The van der Waals surface area contributed by atoms with Crippen LogP contribution in [0.15, 0.2) is 53.0 Å². The number of anilines is 1. The molecule has 0 spiro atoms. The zero-order chi connectivity index (χ0) is 16.6. The second-order valence-electron chi connectivity index (χ2n) is 6.03. The molecule has 1 heterocycles. The lowest BCUT2D eigenvalue weighted by Gasteiger charge is -2.20. The van der Waals surface area contributed by atoms with Gasteiger partial charge < -0.3 is 0 Å². The minimum atomic E-state index is -0.307. The smallest absolute Gasteiger partial charge is 0.238 e.